The number of hydrogen-bond acceptors (Lipinski definition) is 9. The summed E-state index contributed by atoms with van der Waals surface area (Å²) in [6.07, 6.45) is 6.49. The van der Waals surface area contributed by atoms with Gasteiger partial charge in [-0.3, -0.25) is 19.2 Å². The van der Waals surface area contributed by atoms with Crippen LogP contribution in [0.25, 0.3) is 0 Å². The van der Waals surface area contributed by atoms with Crippen molar-refractivity contribution in [1.29, 1.82) is 0 Å². The molecule has 212 valence electrons. The van der Waals surface area contributed by atoms with Crippen LogP contribution in [0.1, 0.15) is 32.4 Å². The van der Waals surface area contributed by atoms with Crippen molar-refractivity contribution in [2.24, 2.45) is 0 Å². The molecule has 0 radical (unpaired) electrons. The molecule has 0 spiro atoms. The monoisotopic (exact) mass is 551 g/mol. The first-order chi connectivity index (χ1) is 19.5. The average Bonchev–Trinajstić information content (AvgIpc) is 3.67. The number of aromatic nitrogens is 5. The van der Waals surface area contributed by atoms with Crippen molar-refractivity contribution in [3.8, 4) is 0 Å². The first-order valence-corrected chi connectivity index (χ1v) is 13.0. The van der Waals surface area contributed by atoms with Gasteiger partial charge in [-0.15, -0.1) is 0 Å². The van der Waals surface area contributed by atoms with E-state index < -0.39 is 23.9 Å². The molecule has 0 unspecified atom stereocenters. The van der Waals surface area contributed by atoms with E-state index in [0.29, 0.717) is 50.7 Å². The van der Waals surface area contributed by atoms with E-state index in [9.17, 15) is 19.2 Å². The normalized spacial score (nSPS) is 20.4. The Balaban J connectivity index is 1.53. The molecule has 0 saturated carbocycles. The van der Waals surface area contributed by atoms with E-state index in [1.807, 2.05) is 0 Å². The van der Waals surface area contributed by atoms with Gasteiger partial charge in [0.2, 0.25) is 11.8 Å². The Kier molecular flexibility index (Phi) is 10.3. The summed E-state index contributed by atoms with van der Waals surface area (Å²) in [5, 5.41) is 17.5. The second kappa shape index (κ2) is 14.5. The Morgan fingerprint density at radius 3 is 1.52 bits per heavy atom. The molecule has 1 aliphatic heterocycles. The van der Waals surface area contributed by atoms with E-state index in [1.54, 1.807) is 12.4 Å². The van der Waals surface area contributed by atoms with Gasteiger partial charge in [0.05, 0.1) is 12.7 Å². The van der Waals surface area contributed by atoms with Gasteiger partial charge in [-0.05, 0) is 12.1 Å². The van der Waals surface area contributed by atoms with Gasteiger partial charge in [-0.1, -0.05) is 6.07 Å². The van der Waals surface area contributed by atoms with Gasteiger partial charge < -0.3 is 41.9 Å². The van der Waals surface area contributed by atoms with Gasteiger partial charge in [0.1, 0.15) is 23.5 Å². The summed E-state index contributed by atoms with van der Waals surface area (Å²) in [5.74, 6) is -1.99. The number of amides is 4. The lowest BCUT2D eigenvalue weighted by atomic mass is 10.1. The molecule has 0 fully saturated rings. The van der Waals surface area contributed by atoms with Crippen LogP contribution >= 0.6 is 0 Å². The molecule has 8 N–H and O–H groups in total. The third-order valence-electron chi connectivity index (χ3n) is 6.10. The van der Waals surface area contributed by atoms with Crippen molar-refractivity contribution in [3.63, 3.8) is 0 Å². The largest absolute Gasteiger partial charge is 0.353 e. The van der Waals surface area contributed by atoms with E-state index in [2.05, 4.69) is 56.8 Å². The van der Waals surface area contributed by atoms with E-state index in [4.69, 9.17) is 0 Å². The summed E-state index contributed by atoms with van der Waals surface area (Å²) in [5.41, 5.74) is 1.22. The smallest absolute Gasteiger partial charge is 0.270 e. The minimum atomic E-state index is -0.912. The second-order valence-electron chi connectivity index (χ2n) is 9.10. The zero-order valence-electron chi connectivity index (χ0n) is 21.8. The number of carbonyl (C=O) groups excluding carboxylic acids is 4. The van der Waals surface area contributed by atoms with Crippen molar-refractivity contribution in [2.45, 2.75) is 24.9 Å². The molecule has 40 heavy (non-hydrogen) atoms. The van der Waals surface area contributed by atoms with E-state index >= 15 is 0 Å². The molecule has 15 heteroatoms. The number of fused-ring (bicyclic) bond motifs is 2. The predicted octanol–water partition coefficient (Wildman–Crippen LogP) is -2.36. The minimum Gasteiger partial charge on any atom is -0.353 e. The molecule has 3 aromatic rings. The Morgan fingerprint density at radius 1 is 0.650 bits per heavy atom. The molecule has 0 aromatic carbocycles. The Morgan fingerprint density at radius 2 is 1.10 bits per heavy atom. The maximum absolute atomic E-state index is 13.1. The van der Waals surface area contributed by atoms with Crippen molar-refractivity contribution in [1.82, 2.24) is 56.8 Å². The number of nitrogens with one attached hydrogen (secondary N) is 8. The summed E-state index contributed by atoms with van der Waals surface area (Å²) < 4.78 is 0. The number of hydrogen-bond donors (Lipinski definition) is 8. The third-order valence-corrected chi connectivity index (χ3v) is 6.10. The quantitative estimate of drug-likeness (QED) is 0.174. The highest BCUT2D eigenvalue weighted by Crippen LogP contribution is 2.06. The van der Waals surface area contributed by atoms with E-state index in [0.717, 1.165) is 0 Å². The lowest BCUT2D eigenvalue weighted by molar-refractivity contribution is -0.123. The van der Waals surface area contributed by atoms with Crippen LogP contribution in [-0.2, 0) is 22.4 Å². The summed E-state index contributed by atoms with van der Waals surface area (Å²) in [6.45, 7) is 3.07. The van der Waals surface area contributed by atoms with Crippen LogP contribution in [-0.4, -0.2) is 99.9 Å². The first kappa shape index (κ1) is 28.4. The molecule has 4 heterocycles. The summed E-state index contributed by atoms with van der Waals surface area (Å²) in [7, 11) is 0. The van der Waals surface area contributed by atoms with Crippen molar-refractivity contribution in [3.05, 3.63) is 66.0 Å². The van der Waals surface area contributed by atoms with Crippen LogP contribution in [0.15, 0.2) is 43.2 Å². The minimum absolute atomic E-state index is 0.0525. The fourth-order valence-electron chi connectivity index (χ4n) is 4.02. The van der Waals surface area contributed by atoms with Gasteiger partial charge in [0.25, 0.3) is 11.8 Å². The zero-order chi connectivity index (χ0) is 28.2. The van der Waals surface area contributed by atoms with Crippen LogP contribution in [0.4, 0.5) is 0 Å². The highest BCUT2D eigenvalue weighted by atomic mass is 16.2. The molecule has 4 rings (SSSR count). The van der Waals surface area contributed by atoms with Crippen LogP contribution in [0.5, 0.6) is 0 Å². The maximum atomic E-state index is 13.1. The number of pyridine rings is 1. The molecule has 1 aliphatic rings. The second-order valence-corrected chi connectivity index (χ2v) is 9.10. The molecule has 15 nitrogen and oxygen atoms in total. The van der Waals surface area contributed by atoms with Crippen LogP contribution in [0, 0.1) is 0 Å². The Labute approximate surface area is 230 Å². The van der Waals surface area contributed by atoms with Gasteiger partial charge in [-0.2, -0.15) is 0 Å². The number of imidazole rings is 2. The zero-order valence-corrected chi connectivity index (χ0v) is 21.8. The van der Waals surface area contributed by atoms with Crippen molar-refractivity contribution >= 4 is 23.6 Å². The molecule has 3 aromatic heterocycles. The standard InChI is InChI=1S/C25H33N11O4/c37-22-20(10-16-12-28-14-32-16)35-24(39)18-2-1-3-19(34-18)25(40)36-21(11-17-13-29-15-33-17)23(38)31-9-7-27-5-4-26-6-8-30-22/h1-3,12-15,20-21,26-27H,4-11H2,(H,28,32)(H,29,33)(H,30,37)(H,31,38)(H,35,39)(H,36,40)/t20-,21-/m0/s1. The van der Waals surface area contributed by atoms with E-state index in [1.165, 1.54) is 30.9 Å². The highest BCUT2D eigenvalue weighted by molar-refractivity contribution is 5.99. The molecule has 2 bridgehead atoms. The summed E-state index contributed by atoms with van der Waals surface area (Å²) in [4.78, 5) is 70.1. The SMILES string of the molecule is O=C1N[C@@H](Cc2cnc[nH]2)C(=O)NCCNCCNCCNC(=O)[C@H](Cc2cnc[nH]2)NC(=O)c2cccc1n2. The topological polar surface area (TPSA) is 211 Å². The number of carbonyl (C=O) groups is 4. The number of H-pyrrole nitrogens is 2. The predicted molar refractivity (Wildman–Crippen MR) is 143 cm³/mol. The molecule has 0 aliphatic carbocycles. The average molecular weight is 552 g/mol. The van der Waals surface area contributed by atoms with Gasteiger partial charge in [-0.25, -0.2) is 15.0 Å². The van der Waals surface area contributed by atoms with E-state index in [-0.39, 0.29) is 36.0 Å². The summed E-state index contributed by atoms with van der Waals surface area (Å²) >= 11 is 0. The Hall–Kier alpha value is -4.63. The molecule has 4 amide bonds. The van der Waals surface area contributed by atoms with Gasteiger partial charge in [0.15, 0.2) is 0 Å². The number of rotatable bonds is 4. The van der Waals surface area contributed by atoms with Crippen LogP contribution in [0.3, 0.4) is 0 Å². The summed E-state index contributed by atoms with van der Waals surface area (Å²) in [6, 6.07) is 2.57. The highest BCUT2D eigenvalue weighted by Gasteiger charge is 2.25. The molecule has 0 saturated heterocycles. The number of nitrogens with zero attached hydrogens (tertiary/aromatic N) is 3. The maximum Gasteiger partial charge on any atom is 0.270 e. The van der Waals surface area contributed by atoms with Gasteiger partial charge in [0, 0.05) is 75.9 Å². The fourth-order valence-corrected chi connectivity index (χ4v) is 4.02. The molecular weight excluding hydrogens is 518 g/mol. The molecular formula is C25H33N11O4. The fraction of sp³-hybridized carbons (Fsp3) is 0.400. The van der Waals surface area contributed by atoms with Crippen molar-refractivity contribution in [2.75, 3.05) is 39.3 Å². The third kappa shape index (κ3) is 8.44. The number of aromatic amines is 2. The Bertz CT molecular complexity index is 1170. The lowest BCUT2D eigenvalue weighted by Crippen LogP contribution is -2.49. The molecule has 2 atom stereocenters. The van der Waals surface area contributed by atoms with Gasteiger partial charge >= 0.3 is 0 Å². The first-order valence-electron chi connectivity index (χ1n) is 13.0. The lowest BCUT2D eigenvalue weighted by Gasteiger charge is -2.19. The van der Waals surface area contributed by atoms with Crippen LogP contribution in [0.2, 0.25) is 0 Å². The van der Waals surface area contributed by atoms with Crippen LogP contribution < -0.4 is 31.9 Å². The van der Waals surface area contributed by atoms with Crippen molar-refractivity contribution < 1.29 is 19.2 Å².